The summed E-state index contributed by atoms with van der Waals surface area (Å²) < 4.78 is 55.2. The van der Waals surface area contributed by atoms with Crippen molar-refractivity contribution in [2.45, 2.75) is 48.8 Å². The molecule has 2 aromatic carbocycles. The molecule has 4 rings (SSSR count). The summed E-state index contributed by atoms with van der Waals surface area (Å²) in [6.45, 7) is 3.10. The molecule has 29 heavy (non-hydrogen) atoms. The number of hydrogen-bond acceptors (Lipinski definition) is 4. The van der Waals surface area contributed by atoms with E-state index in [-0.39, 0.29) is 9.79 Å². The van der Waals surface area contributed by atoms with Gasteiger partial charge in [0.1, 0.15) is 0 Å². The van der Waals surface area contributed by atoms with Gasteiger partial charge in [0.05, 0.1) is 9.79 Å². The SMILES string of the molecule is C[C@@H]1CCCN(S(=O)(=O)c2ccc(NS(=O)(=O)c3ccc4c(c3)CCC4)cc2)C1. The van der Waals surface area contributed by atoms with Crippen molar-refractivity contribution in [1.82, 2.24) is 4.31 Å². The highest BCUT2D eigenvalue weighted by molar-refractivity contribution is 7.92. The lowest BCUT2D eigenvalue weighted by molar-refractivity contribution is 0.281. The summed E-state index contributed by atoms with van der Waals surface area (Å²) in [5.74, 6) is 0.344. The van der Waals surface area contributed by atoms with Crippen LogP contribution >= 0.6 is 0 Å². The summed E-state index contributed by atoms with van der Waals surface area (Å²) in [5.41, 5.74) is 2.65. The Bertz CT molecular complexity index is 1110. The van der Waals surface area contributed by atoms with Crippen LogP contribution in [0.5, 0.6) is 0 Å². The Morgan fingerprint density at radius 3 is 2.31 bits per heavy atom. The Labute approximate surface area is 173 Å². The predicted molar refractivity (Wildman–Crippen MR) is 113 cm³/mol. The Morgan fingerprint density at radius 2 is 1.59 bits per heavy atom. The number of anilines is 1. The fraction of sp³-hybridized carbons (Fsp3) is 0.429. The summed E-state index contributed by atoms with van der Waals surface area (Å²) in [6.07, 6.45) is 4.85. The van der Waals surface area contributed by atoms with E-state index in [0.29, 0.717) is 24.7 Å². The van der Waals surface area contributed by atoms with E-state index in [4.69, 9.17) is 0 Å². The van der Waals surface area contributed by atoms with Gasteiger partial charge in [0.2, 0.25) is 10.0 Å². The van der Waals surface area contributed by atoms with Gasteiger partial charge < -0.3 is 0 Å². The summed E-state index contributed by atoms with van der Waals surface area (Å²) in [6, 6.07) is 11.2. The zero-order chi connectivity index (χ0) is 20.6. The Hall–Kier alpha value is -1.90. The molecule has 156 valence electrons. The highest BCUT2D eigenvalue weighted by atomic mass is 32.2. The quantitative estimate of drug-likeness (QED) is 0.782. The molecule has 1 N–H and O–H groups in total. The van der Waals surface area contributed by atoms with E-state index in [2.05, 4.69) is 11.6 Å². The third-order valence-corrected chi connectivity index (χ3v) is 9.00. The van der Waals surface area contributed by atoms with E-state index in [1.165, 1.54) is 34.1 Å². The summed E-state index contributed by atoms with van der Waals surface area (Å²) >= 11 is 0. The van der Waals surface area contributed by atoms with E-state index in [9.17, 15) is 16.8 Å². The number of rotatable bonds is 5. The van der Waals surface area contributed by atoms with Gasteiger partial charge in [0.25, 0.3) is 10.0 Å². The average Bonchev–Trinajstić information content (AvgIpc) is 3.16. The second-order valence-electron chi connectivity index (χ2n) is 8.02. The minimum absolute atomic E-state index is 0.187. The molecule has 1 aliphatic heterocycles. The first-order chi connectivity index (χ1) is 13.8. The number of nitrogens with one attached hydrogen (secondary N) is 1. The van der Waals surface area contributed by atoms with Crippen molar-refractivity contribution in [3.63, 3.8) is 0 Å². The number of fused-ring (bicyclic) bond motifs is 1. The Morgan fingerprint density at radius 1 is 0.897 bits per heavy atom. The van der Waals surface area contributed by atoms with Gasteiger partial charge >= 0.3 is 0 Å². The molecule has 1 aliphatic carbocycles. The van der Waals surface area contributed by atoms with Gasteiger partial charge in [-0.2, -0.15) is 4.31 Å². The molecule has 0 unspecified atom stereocenters. The van der Waals surface area contributed by atoms with E-state index >= 15 is 0 Å². The third-order valence-electron chi connectivity index (χ3n) is 5.74. The smallest absolute Gasteiger partial charge is 0.261 e. The van der Waals surface area contributed by atoms with Gasteiger partial charge in [-0.15, -0.1) is 0 Å². The van der Waals surface area contributed by atoms with Gasteiger partial charge in [0.15, 0.2) is 0 Å². The van der Waals surface area contributed by atoms with Crippen LogP contribution in [-0.2, 0) is 32.9 Å². The van der Waals surface area contributed by atoms with Crippen molar-refractivity contribution < 1.29 is 16.8 Å². The molecule has 1 fully saturated rings. The molecule has 0 amide bonds. The van der Waals surface area contributed by atoms with Gasteiger partial charge in [0, 0.05) is 18.8 Å². The van der Waals surface area contributed by atoms with Gasteiger partial charge in [-0.25, -0.2) is 16.8 Å². The minimum Gasteiger partial charge on any atom is -0.280 e. The fourth-order valence-electron chi connectivity index (χ4n) is 4.14. The van der Waals surface area contributed by atoms with E-state index < -0.39 is 20.0 Å². The number of aryl methyl sites for hydroxylation is 2. The standard InChI is InChI=1S/C21H26N2O4S2/c1-16-4-3-13-23(15-16)29(26,27)20-11-8-19(9-12-20)22-28(24,25)21-10-7-17-5-2-6-18(17)14-21/h7-12,14,16,22H,2-6,13,15H2,1H3/t16-/m1/s1. The fourth-order valence-corrected chi connectivity index (χ4v) is 6.85. The van der Waals surface area contributed by atoms with Crippen LogP contribution in [0.15, 0.2) is 52.3 Å². The second-order valence-corrected chi connectivity index (χ2v) is 11.6. The molecular weight excluding hydrogens is 408 g/mol. The maximum Gasteiger partial charge on any atom is 0.261 e. The molecule has 2 aromatic rings. The zero-order valence-corrected chi connectivity index (χ0v) is 18.1. The van der Waals surface area contributed by atoms with E-state index in [1.807, 2.05) is 6.07 Å². The molecule has 1 saturated heterocycles. The van der Waals surface area contributed by atoms with Crippen molar-refractivity contribution in [3.05, 3.63) is 53.6 Å². The lowest BCUT2D eigenvalue weighted by Crippen LogP contribution is -2.39. The second kappa shape index (κ2) is 7.74. The summed E-state index contributed by atoms with van der Waals surface area (Å²) in [7, 11) is -7.28. The molecule has 2 aliphatic rings. The topological polar surface area (TPSA) is 83.6 Å². The lowest BCUT2D eigenvalue weighted by atomic mass is 10.0. The average molecular weight is 435 g/mol. The predicted octanol–water partition coefficient (Wildman–Crippen LogP) is 3.40. The summed E-state index contributed by atoms with van der Waals surface area (Å²) in [5, 5.41) is 0. The Balaban J connectivity index is 1.52. The maximum atomic E-state index is 12.8. The van der Waals surface area contributed by atoms with Crippen molar-refractivity contribution >= 4 is 25.7 Å². The molecule has 8 heteroatoms. The van der Waals surface area contributed by atoms with Crippen LogP contribution in [-0.4, -0.2) is 34.2 Å². The highest BCUT2D eigenvalue weighted by Gasteiger charge is 2.28. The number of piperidine rings is 1. The first-order valence-electron chi connectivity index (χ1n) is 10.0. The molecular formula is C21H26N2O4S2. The minimum atomic E-state index is -3.72. The molecule has 0 bridgehead atoms. The van der Waals surface area contributed by atoms with Gasteiger partial charge in [-0.3, -0.25) is 4.72 Å². The van der Waals surface area contributed by atoms with Crippen LogP contribution in [0.2, 0.25) is 0 Å². The first kappa shape index (κ1) is 20.4. The normalized spacial score (nSPS) is 20.4. The Kier molecular flexibility index (Phi) is 5.44. The number of hydrogen-bond donors (Lipinski definition) is 1. The molecule has 1 atom stereocenters. The lowest BCUT2D eigenvalue weighted by Gasteiger charge is -2.30. The molecule has 0 aromatic heterocycles. The van der Waals surface area contributed by atoms with Crippen molar-refractivity contribution in [3.8, 4) is 0 Å². The van der Waals surface area contributed by atoms with Crippen molar-refractivity contribution in [1.29, 1.82) is 0 Å². The maximum absolute atomic E-state index is 12.8. The summed E-state index contributed by atoms with van der Waals surface area (Å²) in [4.78, 5) is 0.421. The largest absolute Gasteiger partial charge is 0.280 e. The molecule has 1 heterocycles. The third kappa shape index (κ3) is 4.20. The van der Waals surface area contributed by atoms with Crippen molar-refractivity contribution in [2.24, 2.45) is 5.92 Å². The zero-order valence-electron chi connectivity index (χ0n) is 16.5. The van der Waals surface area contributed by atoms with Crippen LogP contribution in [0.3, 0.4) is 0 Å². The van der Waals surface area contributed by atoms with Crippen molar-refractivity contribution in [2.75, 3.05) is 17.8 Å². The van der Waals surface area contributed by atoms with Crippen LogP contribution in [0.4, 0.5) is 5.69 Å². The molecule has 0 saturated carbocycles. The van der Waals surface area contributed by atoms with Crippen LogP contribution < -0.4 is 4.72 Å². The van der Waals surface area contributed by atoms with Gasteiger partial charge in [-0.1, -0.05) is 13.0 Å². The van der Waals surface area contributed by atoms with Crippen LogP contribution in [0.25, 0.3) is 0 Å². The van der Waals surface area contributed by atoms with Gasteiger partial charge in [-0.05, 0) is 85.5 Å². The van der Waals surface area contributed by atoms with E-state index in [0.717, 1.165) is 37.7 Å². The molecule has 6 nitrogen and oxygen atoms in total. The highest BCUT2D eigenvalue weighted by Crippen LogP contribution is 2.27. The monoisotopic (exact) mass is 434 g/mol. The number of sulfonamides is 2. The van der Waals surface area contributed by atoms with Crippen LogP contribution in [0.1, 0.15) is 37.3 Å². The van der Waals surface area contributed by atoms with E-state index in [1.54, 1.807) is 12.1 Å². The number of nitrogens with zero attached hydrogens (tertiary/aromatic N) is 1. The number of benzene rings is 2. The van der Waals surface area contributed by atoms with Crippen LogP contribution in [0, 0.1) is 5.92 Å². The molecule has 0 radical (unpaired) electrons. The first-order valence-corrected chi connectivity index (χ1v) is 12.9. The molecule has 0 spiro atoms.